The molecule has 82 valence electrons. The lowest BCUT2D eigenvalue weighted by Crippen LogP contribution is -2.28. The van der Waals surface area contributed by atoms with Gasteiger partial charge in [-0.1, -0.05) is 0 Å². The Hall–Kier alpha value is -1.98. The summed E-state index contributed by atoms with van der Waals surface area (Å²) in [6.45, 7) is 0.0690. The molecule has 0 unspecified atom stereocenters. The van der Waals surface area contributed by atoms with Gasteiger partial charge < -0.3 is 19.7 Å². The van der Waals surface area contributed by atoms with Gasteiger partial charge in [0.25, 0.3) is 0 Å². The molecule has 0 atom stereocenters. The number of carbonyl (C=O) groups is 2. The zero-order chi connectivity index (χ0) is 11.4. The van der Waals surface area contributed by atoms with Crippen molar-refractivity contribution in [1.29, 1.82) is 0 Å². The lowest BCUT2D eigenvalue weighted by atomic mass is 10.4. The quantitative estimate of drug-likeness (QED) is 0.758. The van der Waals surface area contributed by atoms with Crippen molar-refractivity contribution in [3.63, 3.8) is 0 Å². The molecule has 1 aromatic rings. The second-order valence-electron chi connectivity index (χ2n) is 3.11. The van der Waals surface area contributed by atoms with E-state index in [0.717, 1.165) is 0 Å². The Morgan fingerprint density at radius 3 is 2.60 bits per heavy atom. The van der Waals surface area contributed by atoms with Crippen LogP contribution in [0, 0.1) is 0 Å². The lowest BCUT2D eigenvalue weighted by molar-refractivity contribution is -0.126. The normalized spacial score (nSPS) is 9.73. The van der Waals surface area contributed by atoms with Crippen molar-refractivity contribution in [3.8, 4) is 0 Å². The van der Waals surface area contributed by atoms with Crippen LogP contribution in [0.2, 0.25) is 0 Å². The van der Waals surface area contributed by atoms with E-state index in [1.54, 1.807) is 14.1 Å². The number of carbonyl (C=O) groups excluding carboxylic acids is 1. The number of aromatic carboxylic acids is 1. The van der Waals surface area contributed by atoms with Crippen LogP contribution in [0.4, 0.5) is 5.88 Å². The van der Waals surface area contributed by atoms with Crippen LogP contribution in [-0.2, 0) is 4.79 Å². The van der Waals surface area contributed by atoms with Crippen molar-refractivity contribution in [3.05, 3.63) is 17.9 Å². The maximum atomic E-state index is 11.2. The minimum absolute atomic E-state index is 0.0690. The van der Waals surface area contributed by atoms with Gasteiger partial charge in [0.05, 0.1) is 6.54 Å². The van der Waals surface area contributed by atoms with Gasteiger partial charge in [0, 0.05) is 20.2 Å². The molecule has 0 aliphatic carbocycles. The van der Waals surface area contributed by atoms with E-state index in [1.807, 2.05) is 0 Å². The molecule has 1 amide bonds. The fraction of sp³-hybridized carbons (Fsp3) is 0.333. The number of hydrogen-bond acceptors (Lipinski definition) is 4. The van der Waals surface area contributed by atoms with E-state index in [4.69, 9.17) is 9.52 Å². The predicted molar refractivity (Wildman–Crippen MR) is 52.9 cm³/mol. The van der Waals surface area contributed by atoms with Gasteiger partial charge in [0.1, 0.15) is 0 Å². The Balaban J connectivity index is 2.51. The van der Waals surface area contributed by atoms with Crippen molar-refractivity contribution < 1.29 is 19.1 Å². The molecule has 6 nitrogen and oxygen atoms in total. The minimum atomic E-state index is -1.14. The molecule has 1 aromatic heterocycles. The van der Waals surface area contributed by atoms with Gasteiger partial charge >= 0.3 is 5.97 Å². The topological polar surface area (TPSA) is 82.8 Å². The number of carboxylic acids is 1. The number of anilines is 1. The average Bonchev–Trinajstić information content (AvgIpc) is 2.62. The summed E-state index contributed by atoms with van der Waals surface area (Å²) in [6.07, 6.45) is 0. The van der Waals surface area contributed by atoms with Crippen molar-refractivity contribution in [1.82, 2.24) is 4.90 Å². The van der Waals surface area contributed by atoms with Gasteiger partial charge in [-0.25, -0.2) is 4.79 Å². The summed E-state index contributed by atoms with van der Waals surface area (Å²) >= 11 is 0. The first-order valence-electron chi connectivity index (χ1n) is 4.28. The molecule has 1 rings (SSSR count). The number of furan rings is 1. The average molecular weight is 212 g/mol. The number of carboxylic acid groups (broad SMARTS) is 1. The van der Waals surface area contributed by atoms with Gasteiger partial charge in [0.15, 0.2) is 5.88 Å². The summed E-state index contributed by atoms with van der Waals surface area (Å²) in [6, 6.07) is 2.79. The van der Waals surface area contributed by atoms with Gasteiger partial charge in [-0.2, -0.15) is 0 Å². The van der Waals surface area contributed by atoms with Crippen LogP contribution in [0.3, 0.4) is 0 Å². The maximum absolute atomic E-state index is 11.2. The van der Waals surface area contributed by atoms with Crippen LogP contribution < -0.4 is 5.32 Å². The monoisotopic (exact) mass is 212 g/mol. The second-order valence-corrected chi connectivity index (χ2v) is 3.11. The molecular weight excluding hydrogens is 200 g/mol. The van der Waals surface area contributed by atoms with Crippen molar-refractivity contribution in [2.75, 3.05) is 26.0 Å². The summed E-state index contributed by atoms with van der Waals surface area (Å²) in [4.78, 5) is 23.1. The first-order valence-corrected chi connectivity index (χ1v) is 4.28. The Morgan fingerprint density at radius 2 is 2.13 bits per heavy atom. The van der Waals surface area contributed by atoms with Gasteiger partial charge in [0.2, 0.25) is 11.7 Å². The molecule has 0 radical (unpaired) electrons. The number of likely N-dealkylation sites (N-methyl/N-ethyl adjacent to an activating group) is 1. The van der Waals surface area contributed by atoms with Gasteiger partial charge in [-0.3, -0.25) is 4.79 Å². The molecule has 0 spiro atoms. The molecule has 0 aliphatic rings. The standard InChI is InChI=1S/C9H12N2O4/c1-11(2)8(12)5-10-7-4-3-6(15-7)9(13)14/h3-4,10H,5H2,1-2H3,(H,13,14). The fourth-order valence-electron chi connectivity index (χ4n) is 0.869. The number of rotatable bonds is 4. The summed E-state index contributed by atoms with van der Waals surface area (Å²) in [5.41, 5.74) is 0. The third kappa shape index (κ3) is 3.01. The third-order valence-corrected chi connectivity index (χ3v) is 1.73. The highest BCUT2D eigenvalue weighted by Crippen LogP contribution is 2.12. The molecule has 0 saturated carbocycles. The Bertz CT molecular complexity index is 370. The zero-order valence-electron chi connectivity index (χ0n) is 8.48. The van der Waals surface area contributed by atoms with Crippen LogP contribution in [0.25, 0.3) is 0 Å². The largest absolute Gasteiger partial charge is 0.475 e. The molecule has 0 aromatic carbocycles. The Kier molecular flexibility index (Phi) is 3.33. The van der Waals surface area contributed by atoms with Crippen LogP contribution in [0.5, 0.6) is 0 Å². The van der Waals surface area contributed by atoms with E-state index in [0.29, 0.717) is 0 Å². The van der Waals surface area contributed by atoms with Crippen LogP contribution in [0.1, 0.15) is 10.6 Å². The van der Waals surface area contributed by atoms with Crippen molar-refractivity contribution in [2.45, 2.75) is 0 Å². The summed E-state index contributed by atoms with van der Waals surface area (Å²) < 4.78 is 4.89. The molecule has 0 bridgehead atoms. The molecule has 15 heavy (non-hydrogen) atoms. The van der Waals surface area contributed by atoms with Crippen LogP contribution in [0.15, 0.2) is 16.5 Å². The summed E-state index contributed by atoms with van der Waals surface area (Å²) in [5.74, 6) is -1.15. The first kappa shape index (κ1) is 11.1. The molecule has 0 saturated heterocycles. The van der Waals surface area contributed by atoms with Crippen LogP contribution in [-0.4, -0.2) is 42.5 Å². The molecular formula is C9H12N2O4. The molecule has 0 aliphatic heterocycles. The number of nitrogens with zero attached hydrogens (tertiary/aromatic N) is 1. The number of hydrogen-bond donors (Lipinski definition) is 2. The van der Waals surface area contributed by atoms with E-state index in [9.17, 15) is 9.59 Å². The maximum Gasteiger partial charge on any atom is 0.371 e. The van der Waals surface area contributed by atoms with Gasteiger partial charge in [-0.05, 0) is 6.07 Å². The Morgan fingerprint density at radius 1 is 1.47 bits per heavy atom. The second kappa shape index (κ2) is 4.50. The van der Waals surface area contributed by atoms with E-state index in [1.165, 1.54) is 17.0 Å². The van der Waals surface area contributed by atoms with Crippen molar-refractivity contribution >= 4 is 17.8 Å². The molecule has 1 heterocycles. The third-order valence-electron chi connectivity index (χ3n) is 1.73. The van der Waals surface area contributed by atoms with E-state index in [2.05, 4.69) is 5.32 Å². The Labute approximate surface area is 86.5 Å². The number of nitrogens with one attached hydrogen (secondary N) is 1. The lowest BCUT2D eigenvalue weighted by Gasteiger charge is -2.09. The molecule has 6 heteroatoms. The smallest absolute Gasteiger partial charge is 0.371 e. The minimum Gasteiger partial charge on any atom is -0.475 e. The predicted octanol–water partition coefficient (Wildman–Crippen LogP) is 0.478. The number of amides is 1. The highest BCUT2D eigenvalue weighted by atomic mass is 16.4. The first-order chi connectivity index (χ1) is 7.00. The van der Waals surface area contributed by atoms with E-state index < -0.39 is 5.97 Å². The van der Waals surface area contributed by atoms with E-state index >= 15 is 0 Å². The molecule has 0 fully saturated rings. The highest BCUT2D eigenvalue weighted by Gasteiger charge is 2.09. The van der Waals surface area contributed by atoms with Crippen LogP contribution >= 0.6 is 0 Å². The van der Waals surface area contributed by atoms with E-state index in [-0.39, 0.29) is 24.1 Å². The SMILES string of the molecule is CN(C)C(=O)CNc1ccc(C(=O)O)o1. The zero-order valence-corrected chi connectivity index (χ0v) is 8.48. The van der Waals surface area contributed by atoms with Crippen molar-refractivity contribution in [2.24, 2.45) is 0 Å². The summed E-state index contributed by atoms with van der Waals surface area (Å²) in [5, 5.41) is 11.2. The highest BCUT2D eigenvalue weighted by molar-refractivity contribution is 5.85. The molecule has 2 N–H and O–H groups in total. The summed E-state index contributed by atoms with van der Waals surface area (Å²) in [7, 11) is 3.27. The fourth-order valence-corrected chi connectivity index (χ4v) is 0.869. The van der Waals surface area contributed by atoms with Gasteiger partial charge in [-0.15, -0.1) is 0 Å².